The summed E-state index contributed by atoms with van der Waals surface area (Å²) in [4.78, 5) is 24.9. The number of aryl methyl sites for hydroxylation is 1. The van der Waals surface area contributed by atoms with Crippen LogP contribution >= 0.6 is 22.9 Å². The van der Waals surface area contributed by atoms with Gasteiger partial charge in [0.05, 0.1) is 23.2 Å². The maximum atomic E-state index is 13.9. The van der Waals surface area contributed by atoms with Gasteiger partial charge in [-0.05, 0) is 67.3 Å². The molecule has 198 valence electrons. The van der Waals surface area contributed by atoms with Crippen LogP contribution in [0.1, 0.15) is 24.0 Å². The van der Waals surface area contributed by atoms with Gasteiger partial charge >= 0.3 is 0 Å². The Morgan fingerprint density at radius 3 is 2.55 bits per heavy atom. The third-order valence-corrected chi connectivity index (χ3v) is 10.1. The minimum Gasteiger partial charge on any atom is -0.494 e. The molecule has 1 fully saturated rings. The van der Waals surface area contributed by atoms with Gasteiger partial charge in [-0.3, -0.25) is 14.7 Å². The van der Waals surface area contributed by atoms with Crippen LogP contribution in [0.5, 0.6) is 5.75 Å². The molecule has 0 unspecified atom stereocenters. The highest BCUT2D eigenvalue weighted by atomic mass is 35.5. The van der Waals surface area contributed by atoms with Gasteiger partial charge in [0.15, 0.2) is 5.13 Å². The van der Waals surface area contributed by atoms with E-state index < -0.39 is 10.0 Å². The Hall–Kier alpha value is -3.05. The first kappa shape index (κ1) is 26.6. The number of methoxy groups -OCH3 is 1. The molecule has 1 aliphatic heterocycles. The van der Waals surface area contributed by atoms with Gasteiger partial charge in [0.1, 0.15) is 11.3 Å². The van der Waals surface area contributed by atoms with Crippen LogP contribution in [0.2, 0.25) is 5.02 Å². The van der Waals surface area contributed by atoms with Gasteiger partial charge < -0.3 is 4.74 Å². The van der Waals surface area contributed by atoms with Crippen molar-refractivity contribution in [3.63, 3.8) is 0 Å². The second kappa shape index (κ2) is 11.0. The number of amides is 1. The lowest BCUT2D eigenvalue weighted by atomic mass is 9.96. The Morgan fingerprint density at radius 2 is 1.89 bits per heavy atom. The molecule has 0 atom stereocenters. The maximum absolute atomic E-state index is 13.9. The third kappa shape index (κ3) is 5.26. The number of sulfonamides is 1. The van der Waals surface area contributed by atoms with Crippen molar-refractivity contribution in [3.05, 3.63) is 77.1 Å². The summed E-state index contributed by atoms with van der Waals surface area (Å²) in [6, 6.07) is 13.8. The molecule has 0 radical (unpaired) electrons. The van der Waals surface area contributed by atoms with Gasteiger partial charge in [-0.1, -0.05) is 35.1 Å². The number of pyridine rings is 1. The summed E-state index contributed by atoms with van der Waals surface area (Å²) in [5.41, 5.74) is 2.66. The van der Waals surface area contributed by atoms with E-state index in [1.165, 1.54) is 27.8 Å². The lowest BCUT2D eigenvalue weighted by Gasteiger charge is -2.33. The first-order valence-corrected chi connectivity index (χ1v) is 14.8. The zero-order chi connectivity index (χ0) is 26.9. The molecule has 2 aromatic heterocycles. The van der Waals surface area contributed by atoms with E-state index in [1.54, 1.807) is 36.5 Å². The van der Waals surface area contributed by atoms with Crippen molar-refractivity contribution in [3.8, 4) is 5.75 Å². The number of carbonyl (C=O) groups excluding carboxylic acids is 1. The van der Waals surface area contributed by atoms with Gasteiger partial charge in [-0.15, -0.1) is 0 Å². The molecular weight excluding hydrogens is 544 g/mol. The molecule has 3 heterocycles. The molecule has 2 aromatic carbocycles. The normalized spacial score (nSPS) is 15.0. The molecule has 0 saturated carbocycles. The van der Waals surface area contributed by atoms with Crippen LogP contribution < -0.4 is 9.64 Å². The molecule has 0 N–H and O–H groups in total. The number of thiazole rings is 1. The minimum absolute atomic E-state index is 0.0759. The number of hydrogen-bond acceptors (Lipinski definition) is 7. The van der Waals surface area contributed by atoms with Gasteiger partial charge in [-0.25, -0.2) is 13.4 Å². The second-order valence-electron chi connectivity index (χ2n) is 9.18. The fourth-order valence-electron chi connectivity index (χ4n) is 4.61. The van der Waals surface area contributed by atoms with Crippen LogP contribution in [-0.2, 0) is 21.4 Å². The van der Waals surface area contributed by atoms with Crippen molar-refractivity contribution >= 4 is 54.2 Å². The standard InChI is InChI=1S/C27H27ClN4O4S2/c1-18-5-10-23(36-2)24-25(18)37-27(30-24)32(17-19-4-3-13-29-16-19)26(33)20-11-14-31(15-12-20)38(34,35)22-8-6-21(28)7-9-22/h3-10,13,16,20H,11-12,14-15,17H2,1-2H3. The number of hydrogen-bond donors (Lipinski definition) is 0. The summed E-state index contributed by atoms with van der Waals surface area (Å²) in [5, 5.41) is 1.06. The molecule has 5 rings (SSSR count). The molecule has 1 aliphatic rings. The number of fused-ring (bicyclic) bond motifs is 1. The average Bonchev–Trinajstić information content (AvgIpc) is 3.39. The molecule has 1 amide bonds. The molecule has 38 heavy (non-hydrogen) atoms. The number of benzene rings is 2. The zero-order valence-corrected chi connectivity index (χ0v) is 23.4. The highest BCUT2D eigenvalue weighted by molar-refractivity contribution is 7.89. The Balaban J connectivity index is 1.40. The summed E-state index contributed by atoms with van der Waals surface area (Å²) in [6.07, 6.45) is 4.27. The molecule has 1 saturated heterocycles. The number of rotatable bonds is 7. The van der Waals surface area contributed by atoms with Gasteiger partial charge in [-0.2, -0.15) is 4.31 Å². The van der Waals surface area contributed by atoms with Crippen molar-refractivity contribution in [2.45, 2.75) is 31.2 Å². The van der Waals surface area contributed by atoms with E-state index in [-0.39, 0.29) is 29.8 Å². The highest BCUT2D eigenvalue weighted by Crippen LogP contribution is 2.38. The molecule has 0 bridgehead atoms. The summed E-state index contributed by atoms with van der Waals surface area (Å²) in [7, 11) is -2.06. The van der Waals surface area contributed by atoms with E-state index in [0.717, 1.165) is 21.3 Å². The summed E-state index contributed by atoms with van der Waals surface area (Å²) in [6.45, 7) is 2.84. The van der Waals surface area contributed by atoms with Crippen LogP contribution in [0, 0.1) is 12.8 Å². The topological polar surface area (TPSA) is 92.7 Å². The lowest BCUT2D eigenvalue weighted by Crippen LogP contribution is -2.44. The summed E-state index contributed by atoms with van der Waals surface area (Å²) < 4.78 is 34.2. The van der Waals surface area contributed by atoms with Gasteiger partial charge in [0, 0.05) is 36.4 Å². The van der Waals surface area contributed by atoms with E-state index in [9.17, 15) is 13.2 Å². The molecular formula is C27H27ClN4O4S2. The fourth-order valence-corrected chi connectivity index (χ4v) is 7.26. The van der Waals surface area contributed by atoms with Crippen molar-refractivity contribution in [2.75, 3.05) is 25.1 Å². The first-order chi connectivity index (χ1) is 18.3. The van der Waals surface area contributed by atoms with Crippen LogP contribution in [0.25, 0.3) is 10.2 Å². The molecule has 0 spiro atoms. The predicted octanol–water partition coefficient (Wildman–Crippen LogP) is 5.30. The van der Waals surface area contributed by atoms with E-state index in [1.807, 2.05) is 31.2 Å². The smallest absolute Gasteiger partial charge is 0.243 e. The maximum Gasteiger partial charge on any atom is 0.243 e. The van der Waals surface area contributed by atoms with Crippen LogP contribution in [0.15, 0.2) is 65.8 Å². The highest BCUT2D eigenvalue weighted by Gasteiger charge is 2.35. The Kier molecular flexibility index (Phi) is 7.67. The molecule has 4 aromatic rings. The number of carbonyl (C=O) groups is 1. The van der Waals surface area contributed by atoms with Crippen LogP contribution in [-0.4, -0.2) is 48.8 Å². The van der Waals surface area contributed by atoms with Crippen molar-refractivity contribution in [1.82, 2.24) is 14.3 Å². The van der Waals surface area contributed by atoms with Crippen molar-refractivity contribution < 1.29 is 17.9 Å². The summed E-state index contributed by atoms with van der Waals surface area (Å²) in [5.74, 6) is 0.244. The van der Waals surface area contributed by atoms with Gasteiger partial charge in [0.25, 0.3) is 0 Å². The second-order valence-corrected chi connectivity index (χ2v) is 12.5. The fraction of sp³-hybridized carbons (Fsp3) is 0.296. The Labute approximate surface area is 230 Å². The molecule has 11 heteroatoms. The van der Waals surface area contributed by atoms with E-state index in [4.69, 9.17) is 21.3 Å². The zero-order valence-electron chi connectivity index (χ0n) is 21.0. The van der Waals surface area contributed by atoms with Crippen LogP contribution in [0.3, 0.4) is 0 Å². The number of anilines is 1. The average molecular weight is 571 g/mol. The largest absolute Gasteiger partial charge is 0.494 e. The summed E-state index contributed by atoms with van der Waals surface area (Å²) >= 11 is 7.38. The number of piperidine rings is 1. The SMILES string of the molecule is COc1ccc(C)c2sc(N(Cc3cccnc3)C(=O)C3CCN(S(=O)(=O)c4ccc(Cl)cc4)CC3)nc12. The third-order valence-electron chi connectivity index (χ3n) is 6.73. The Morgan fingerprint density at radius 1 is 1.16 bits per heavy atom. The monoisotopic (exact) mass is 570 g/mol. The first-order valence-electron chi connectivity index (χ1n) is 12.2. The van der Waals surface area contributed by atoms with E-state index >= 15 is 0 Å². The predicted molar refractivity (Wildman–Crippen MR) is 149 cm³/mol. The van der Waals surface area contributed by atoms with Crippen molar-refractivity contribution in [1.29, 1.82) is 0 Å². The number of halogens is 1. The molecule has 8 nitrogen and oxygen atoms in total. The molecule has 0 aliphatic carbocycles. The van der Waals surface area contributed by atoms with E-state index in [0.29, 0.717) is 35.3 Å². The lowest BCUT2D eigenvalue weighted by molar-refractivity contribution is -0.123. The number of nitrogens with zero attached hydrogens (tertiary/aromatic N) is 4. The van der Waals surface area contributed by atoms with E-state index in [2.05, 4.69) is 4.98 Å². The quantitative estimate of drug-likeness (QED) is 0.299. The minimum atomic E-state index is -3.66. The number of aromatic nitrogens is 2. The van der Waals surface area contributed by atoms with Gasteiger partial charge in [0.2, 0.25) is 15.9 Å². The Bertz CT molecular complexity index is 1550. The number of ether oxygens (including phenoxy) is 1. The van der Waals surface area contributed by atoms with Crippen molar-refractivity contribution in [2.24, 2.45) is 5.92 Å². The van der Waals surface area contributed by atoms with Crippen LogP contribution in [0.4, 0.5) is 5.13 Å².